The largest absolute Gasteiger partial charge is 0.508 e. The second kappa shape index (κ2) is 7.79. The summed E-state index contributed by atoms with van der Waals surface area (Å²) in [5.41, 5.74) is 2.10. The van der Waals surface area contributed by atoms with Crippen LogP contribution in [0.1, 0.15) is 35.8 Å². The molecule has 0 spiro atoms. The molecule has 8 heteroatoms. The lowest BCUT2D eigenvalue weighted by Gasteiger charge is -2.34. The van der Waals surface area contributed by atoms with E-state index in [1.807, 2.05) is 11.8 Å². The smallest absolute Gasteiger partial charge is 0.254 e. The second-order valence-corrected chi connectivity index (χ2v) is 7.46. The molecule has 0 aliphatic carbocycles. The predicted molar refractivity (Wildman–Crippen MR) is 108 cm³/mol. The molecule has 3 heterocycles. The number of carbonyl (C=O) groups is 1. The number of phenolic OH excluding ortho intramolecular Hbond substituents is 1. The minimum Gasteiger partial charge on any atom is -0.508 e. The SMILES string of the molecule is CCC[C@H]1CN(C(=O)c2cc(-c3ccc(O)cc3F)nc3n[nH]c(C)c23)CCN1. The van der Waals surface area contributed by atoms with Crippen molar-refractivity contribution >= 4 is 16.9 Å². The molecule has 3 aromatic rings. The number of piperazine rings is 1. The van der Waals surface area contributed by atoms with Crippen molar-refractivity contribution in [3.05, 3.63) is 41.3 Å². The molecule has 1 aliphatic rings. The third kappa shape index (κ3) is 3.67. The van der Waals surface area contributed by atoms with E-state index in [1.165, 1.54) is 12.1 Å². The number of hydrogen-bond donors (Lipinski definition) is 3. The summed E-state index contributed by atoms with van der Waals surface area (Å²) < 4.78 is 14.4. The van der Waals surface area contributed by atoms with Crippen molar-refractivity contribution in [2.24, 2.45) is 0 Å². The van der Waals surface area contributed by atoms with Crippen molar-refractivity contribution in [1.29, 1.82) is 0 Å². The van der Waals surface area contributed by atoms with Gasteiger partial charge in [-0.15, -0.1) is 0 Å². The first-order chi connectivity index (χ1) is 14.0. The number of amides is 1. The number of H-pyrrole nitrogens is 1. The minimum atomic E-state index is -0.604. The first-order valence-electron chi connectivity index (χ1n) is 9.85. The highest BCUT2D eigenvalue weighted by Gasteiger charge is 2.27. The van der Waals surface area contributed by atoms with Gasteiger partial charge in [0.15, 0.2) is 5.65 Å². The van der Waals surface area contributed by atoms with Crippen LogP contribution in [0.5, 0.6) is 5.75 Å². The number of phenols is 1. The van der Waals surface area contributed by atoms with Crippen LogP contribution in [0, 0.1) is 12.7 Å². The molecule has 4 rings (SSSR count). The normalized spacial score (nSPS) is 17.1. The molecule has 152 valence electrons. The maximum Gasteiger partial charge on any atom is 0.254 e. The number of nitrogens with zero attached hydrogens (tertiary/aromatic N) is 3. The topological polar surface area (TPSA) is 94.1 Å². The highest BCUT2D eigenvalue weighted by molar-refractivity contribution is 6.07. The number of carbonyl (C=O) groups excluding carboxylic acids is 1. The van der Waals surface area contributed by atoms with Gasteiger partial charge in [-0.2, -0.15) is 5.10 Å². The lowest BCUT2D eigenvalue weighted by Crippen LogP contribution is -2.52. The van der Waals surface area contributed by atoms with Gasteiger partial charge in [0, 0.05) is 43.0 Å². The summed E-state index contributed by atoms with van der Waals surface area (Å²) in [6, 6.07) is 5.78. The van der Waals surface area contributed by atoms with Crippen molar-refractivity contribution in [3.8, 4) is 17.0 Å². The van der Waals surface area contributed by atoms with Gasteiger partial charge in [-0.25, -0.2) is 9.37 Å². The van der Waals surface area contributed by atoms with Crippen molar-refractivity contribution in [2.45, 2.75) is 32.7 Å². The Labute approximate surface area is 167 Å². The zero-order chi connectivity index (χ0) is 20.5. The van der Waals surface area contributed by atoms with Gasteiger partial charge < -0.3 is 15.3 Å². The quantitative estimate of drug-likeness (QED) is 0.629. The number of rotatable bonds is 4. The molecule has 2 aromatic heterocycles. The Morgan fingerprint density at radius 1 is 1.38 bits per heavy atom. The molecule has 7 nitrogen and oxygen atoms in total. The first kappa shape index (κ1) is 19.3. The van der Waals surface area contributed by atoms with Crippen molar-refractivity contribution in [1.82, 2.24) is 25.4 Å². The third-order valence-corrected chi connectivity index (χ3v) is 5.34. The second-order valence-electron chi connectivity index (χ2n) is 7.46. The van der Waals surface area contributed by atoms with Crippen molar-refractivity contribution in [3.63, 3.8) is 0 Å². The van der Waals surface area contributed by atoms with E-state index >= 15 is 0 Å². The summed E-state index contributed by atoms with van der Waals surface area (Å²) in [5, 5.41) is 20.7. The molecule has 0 unspecified atom stereocenters. The van der Waals surface area contributed by atoms with Crippen LogP contribution in [0.2, 0.25) is 0 Å². The minimum absolute atomic E-state index is 0.107. The van der Waals surface area contributed by atoms with E-state index in [2.05, 4.69) is 27.4 Å². The zero-order valence-corrected chi connectivity index (χ0v) is 16.5. The summed E-state index contributed by atoms with van der Waals surface area (Å²) in [5.74, 6) is -0.875. The number of aromatic nitrogens is 3. The lowest BCUT2D eigenvalue weighted by atomic mass is 10.0. The summed E-state index contributed by atoms with van der Waals surface area (Å²) in [6.45, 7) is 5.96. The maximum absolute atomic E-state index is 14.4. The van der Waals surface area contributed by atoms with Crippen LogP contribution in [0.25, 0.3) is 22.3 Å². The number of hydrogen-bond acceptors (Lipinski definition) is 5. The number of pyridine rings is 1. The standard InChI is InChI=1S/C21H24FN5O2/c1-3-4-13-11-27(8-7-23-13)21(29)16-10-18(15-6-5-14(28)9-17(15)22)24-20-19(16)12(2)25-26-20/h5-6,9-10,13,23,28H,3-4,7-8,11H2,1-2H3,(H,24,25,26)/t13-/m0/s1. The van der Waals surface area contributed by atoms with E-state index < -0.39 is 5.82 Å². The molecule has 0 saturated carbocycles. The van der Waals surface area contributed by atoms with Gasteiger partial charge >= 0.3 is 0 Å². The van der Waals surface area contributed by atoms with Gasteiger partial charge in [0.05, 0.1) is 16.6 Å². The Hall–Kier alpha value is -3.00. The fraction of sp³-hybridized carbons (Fsp3) is 0.381. The van der Waals surface area contributed by atoms with Gasteiger partial charge in [0.1, 0.15) is 11.6 Å². The summed E-state index contributed by atoms with van der Waals surface area (Å²) in [4.78, 5) is 19.7. The molecule has 3 N–H and O–H groups in total. The van der Waals surface area contributed by atoms with E-state index in [1.54, 1.807) is 6.07 Å². The molecule has 1 amide bonds. The molecule has 1 fully saturated rings. The van der Waals surface area contributed by atoms with E-state index in [0.717, 1.165) is 31.1 Å². The van der Waals surface area contributed by atoms with E-state index in [0.29, 0.717) is 35.4 Å². The molecule has 1 aliphatic heterocycles. The molecule has 0 radical (unpaired) electrons. The average molecular weight is 397 g/mol. The van der Waals surface area contributed by atoms with E-state index in [4.69, 9.17) is 0 Å². The van der Waals surface area contributed by atoms with E-state index in [-0.39, 0.29) is 23.3 Å². The van der Waals surface area contributed by atoms with Crippen LogP contribution in [0.3, 0.4) is 0 Å². The Morgan fingerprint density at radius 2 is 2.21 bits per heavy atom. The number of halogens is 1. The Morgan fingerprint density at radius 3 is 2.97 bits per heavy atom. The Balaban J connectivity index is 1.78. The Bertz CT molecular complexity index is 1060. The highest BCUT2D eigenvalue weighted by atomic mass is 19.1. The number of benzene rings is 1. The fourth-order valence-electron chi connectivity index (χ4n) is 3.92. The van der Waals surface area contributed by atoms with Crippen LogP contribution >= 0.6 is 0 Å². The van der Waals surface area contributed by atoms with Gasteiger partial charge in [-0.3, -0.25) is 9.89 Å². The molecular formula is C21H24FN5O2. The first-order valence-corrected chi connectivity index (χ1v) is 9.85. The fourth-order valence-corrected chi connectivity index (χ4v) is 3.92. The van der Waals surface area contributed by atoms with Crippen LogP contribution in [0.4, 0.5) is 4.39 Å². The van der Waals surface area contributed by atoms with Gasteiger partial charge in [0.25, 0.3) is 5.91 Å². The van der Waals surface area contributed by atoms with E-state index in [9.17, 15) is 14.3 Å². The summed E-state index contributed by atoms with van der Waals surface area (Å²) >= 11 is 0. The molecule has 1 aromatic carbocycles. The van der Waals surface area contributed by atoms with Gasteiger partial charge in [-0.05, 0) is 31.5 Å². The van der Waals surface area contributed by atoms with Crippen molar-refractivity contribution < 1.29 is 14.3 Å². The average Bonchev–Trinajstić information content (AvgIpc) is 3.08. The zero-order valence-electron chi connectivity index (χ0n) is 16.5. The molecular weight excluding hydrogens is 373 g/mol. The number of aryl methyl sites for hydroxylation is 1. The third-order valence-electron chi connectivity index (χ3n) is 5.34. The molecule has 29 heavy (non-hydrogen) atoms. The number of fused-ring (bicyclic) bond motifs is 1. The lowest BCUT2D eigenvalue weighted by molar-refractivity contribution is 0.0701. The summed E-state index contributed by atoms with van der Waals surface area (Å²) in [6.07, 6.45) is 2.05. The summed E-state index contributed by atoms with van der Waals surface area (Å²) in [7, 11) is 0. The molecule has 1 saturated heterocycles. The van der Waals surface area contributed by atoms with Crippen LogP contribution in [-0.2, 0) is 0 Å². The number of nitrogens with one attached hydrogen (secondary N) is 2. The molecule has 1 atom stereocenters. The van der Waals surface area contributed by atoms with Crippen LogP contribution in [-0.4, -0.2) is 56.8 Å². The van der Waals surface area contributed by atoms with Gasteiger partial charge in [0.2, 0.25) is 0 Å². The van der Waals surface area contributed by atoms with Crippen LogP contribution < -0.4 is 5.32 Å². The Kier molecular flexibility index (Phi) is 5.19. The monoisotopic (exact) mass is 397 g/mol. The highest BCUT2D eigenvalue weighted by Crippen LogP contribution is 2.30. The predicted octanol–water partition coefficient (Wildman–Crippen LogP) is 2.99. The van der Waals surface area contributed by atoms with Crippen molar-refractivity contribution in [2.75, 3.05) is 19.6 Å². The number of aromatic amines is 1. The number of aromatic hydroxyl groups is 1. The van der Waals surface area contributed by atoms with Gasteiger partial charge in [-0.1, -0.05) is 13.3 Å². The van der Waals surface area contributed by atoms with Crippen LogP contribution in [0.15, 0.2) is 24.3 Å². The molecule has 0 bridgehead atoms. The maximum atomic E-state index is 14.4.